The monoisotopic (exact) mass is 230 g/mol. The minimum Gasteiger partial charge on any atom is -0.308 e. The Morgan fingerprint density at radius 3 is 2.94 bits per heavy atom. The van der Waals surface area contributed by atoms with Crippen LogP contribution in [-0.4, -0.2) is 19.7 Å². The van der Waals surface area contributed by atoms with Crippen LogP contribution in [0.25, 0.3) is 11.5 Å². The van der Waals surface area contributed by atoms with Gasteiger partial charge in [0.05, 0.1) is 0 Å². The highest BCUT2D eigenvalue weighted by Crippen LogP contribution is 2.28. The van der Waals surface area contributed by atoms with Crippen LogP contribution in [-0.2, 0) is 19.9 Å². The lowest BCUT2D eigenvalue weighted by atomic mass is 10.2. The van der Waals surface area contributed by atoms with Crippen LogP contribution in [0.5, 0.6) is 0 Å². The summed E-state index contributed by atoms with van der Waals surface area (Å²) in [6, 6.07) is 1.90. The number of hydrogen-bond acceptors (Lipinski definition) is 5. The number of hydrogen-bond donors (Lipinski definition) is 2. The second-order valence-electron chi connectivity index (χ2n) is 4.16. The summed E-state index contributed by atoms with van der Waals surface area (Å²) in [7, 11) is 1.88. The van der Waals surface area contributed by atoms with E-state index < -0.39 is 0 Å². The maximum Gasteiger partial charge on any atom is 0.180 e. The van der Waals surface area contributed by atoms with Crippen LogP contribution in [0.3, 0.4) is 0 Å². The smallest absolute Gasteiger partial charge is 0.180 e. The van der Waals surface area contributed by atoms with Gasteiger partial charge in [-0.2, -0.15) is 5.10 Å². The van der Waals surface area contributed by atoms with Gasteiger partial charge in [-0.1, -0.05) is 0 Å². The molecule has 2 aromatic heterocycles. The zero-order valence-electron chi connectivity index (χ0n) is 9.64. The Hall–Kier alpha value is -1.95. The summed E-state index contributed by atoms with van der Waals surface area (Å²) in [4.78, 5) is 9.06. The van der Waals surface area contributed by atoms with Gasteiger partial charge >= 0.3 is 0 Å². The SMILES string of the molecule is Cn1nccc1-c1nc2c(c(NN)n1)CCC2. The lowest BCUT2D eigenvalue weighted by Gasteiger charge is -2.09. The molecule has 0 radical (unpaired) electrons. The van der Waals surface area contributed by atoms with Gasteiger partial charge in [0.15, 0.2) is 5.82 Å². The summed E-state index contributed by atoms with van der Waals surface area (Å²) in [5.41, 5.74) is 5.82. The summed E-state index contributed by atoms with van der Waals surface area (Å²) >= 11 is 0. The van der Waals surface area contributed by atoms with Crippen LogP contribution in [0.15, 0.2) is 12.3 Å². The van der Waals surface area contributed by atoms with Crippen molar-refractivity contribution in [3.05, 3.63) is 23.5 Å². The fourth-order valence-electron chi connectivity index (χ4n) is 2.26. The fourth-order valence-corrected chi connectivity index (χ4v) is 2.26. The highest BCUT2D eigenvalue weighted by Gasteiger charge is 2.20. The van der Waals surface area contributed by atoms with Gasteiger partial charge in [-0.25, -0.2) is 15.8 Å². The minimum atomic E-state index is 0.679. The van der Waals surface area contributed by atoms with Gasteiger partial charge in [0.1, 0.15) is 11.5 Å². The van der Waals surface area contributed by atoms with Crippen molar-refractivity contribution in [3.63, 3.8) is 0 Å². The Morgan fingerprint density at radius 1 is 1.35 bits per heavy atom. The molecule has 0 fully saturated rings. The first kappa shape index (κ1) is 10.2. The third-order valence-electron chi connectivity index (χ3n) is 3.12. The van der Waals surface area contributed by atoms with Crippen molar-refractivity contribution in [2.24, 2.45) is 12.9 Å². The molecule has 0 aromatic carbocycles. The number of aromatic nitrogens is 4. The summed E-state index contributed by atoms with van der Waals surface area (Å²) < 4.78 is 1.76. The van der Waals surface area contributed by atoms with Gasteiger partial charge in [0.25, 0.3) is 0 Å². The van der Waals surface area contributed by atoms with Gasteiger partial charge in [0, 0.05) is 24.5 Å². The number of anilines is 1. The van der Waals surface area contributed by atoms with Crippen molar-refractivity contribution in [2.75, 3.05) is 5.43 Å². The second-order valence-corrected chi connectivity index (χ2v) is 4.16. The molecule has 0 unspecified atom stereocenters. The highest BCUT2D eigenvalue weighted by molar-refractivity contribution is 5.57. The average molecular weight is 230 g/mol. The molecule has 2 heterocycles. The molecule has 88 valence electrons. The average Bonchev–Trinajstić information content (AvgIpc) is 2.95. The van der Waals surface area contributed by atoms with Crippen molar-refractivity contribution in [2.45, 2.75) is 19.3 Å². The van der Waals surface area contributed by atoms with E-state index in [1.54, 1.807) is 10.9 Å². The van der Waals surface area contributed by atoms with Crippen molar-refractivity contribution in [1.29, 1.82) is 0 Å². The third kappa shape index (κ3) is 1.57. The van der Waals surface area contributed by atoms with Crippen LogP contribution in [0.2, 0.25) is 0 Å². The van der Waals surface area contributed by atoms with Crippen LogP contribution >= 0.6 is 0 Å². The van der Waals surface area contributed by atoms with Crippen molar-refractivity contribution in [1.82, 2.24) is 19.7 Å². The van der Waals surface area contributed by atoms with E-state index in [0.717, 1.165) is 42.0 Å². The highest BCUT2D eigenvalue weighted by atomic mass is 15.3. The van der Waals surface area contributed by atoms with E-state index in [0.29, 0.717) is 5.82 Å². The summed E-state index contributed by atoms with van der Waals surface area (Å²) in [6.45, 7) is 0. The van der Waals surface area contributed by atoms with Gasteiger partial charge < -0.3 is 5.43 Å². The van der Waals surface area contributed by atoms with E-state index in [1.165, 1.54) is 0 Å². The molecular formula is C11H14N6. The lowest BCUT2D eigenvalue weighted by molar-refractivity contribution is 0.768. The van der Waals surface area contributed by atoms with Crippen LogP contribution in [0, 0.1) is 0 Å². The number of nitrogens with zero attached hydrogens (tertiary/aromatic N) is 4. The van der Waals surface area contributed by atoms with Crippen LogP contribution in [0.1, 0.15) is 17.7 Å². The molecule has 0 spiro atoms. The molecule has 6 nitrogen and oxygen atoms in total. The Balaban J connectivity index is 2.16. The van der Waals surface area contributed by atoms with E-state index in [-0.39, 0.29) is 0 Å². The largest absolute Gasteiger partial charge is 0.308 e. The van der Waals surface area contributed by atoms with Gasteiger partial charge in [0.2, 0.25) is 0 Å². The summed E-state index contributed by atoms with van der Waals surface area (Å²) in [6.07, 6.45) is 4.85. The molecule has 1 aliphatic rings. The maximum absolute atomic E-state index is 5.52. The van der Waals surface area contributed by atoms with E-state index in [4.69, 9.17) is 5.84 Å². The zero-order valence-corrected chi connectivity index (χ0v) is 9.64. The first-order chi connectivity index (χ1) is 8.29. The predicted molar refractivity (Wildman–Crippen MR) is 64.1 cm³/mol. The lowest BCUT2D eigenvalue weighted by Crippen LogP contribution is -2.13. The molecule has 0 amide bonds. The first-order valence-corrected chi connectivity index (χ1v) is 5.64. The standard InChI is InChI=1S/C11H14N6/c1-17-9(5-6-13-17)11-14-8-4-2-3-7(8)10(15-11)16-12/h5-6H,2-4,12H2,1H3,(H,14,15,16). The molecule has 0 bridgehead atoms. The molecule has 2 aromatic rings. The van der Waals surface area contributed by atoms with Gasteiger partial charge in [-0.05, 0) is 25.3 Å². The molecule has 1 aliphatic carbocycles. The predicted octanol–water partition coefficient (Wildman–Crippen LogP) is 0.651. The Bertz CT molecular complexity index is 559. The Kier molecular flexibility index (Phi) is 2.29. The molecule has 0 atom stereocenters. The number of hydrazine groups is 1. The third-order valence-corrected chi connectivity index (χ3v) is 3.12. The minimum absolute atomic E-state index is 0.679. The van der Waals surface area contributed by atoms with Gasteiger partial charge in [-0.3, -0.25) is 4.68 Å². The van der Waals surface area contributed by atoms with E-state index >= 15 is 0 Å². The summed E-state index contributed by atoms with van der Waals surface area (Å²) in [5.74, 6) is 6.94. The number of aryl methyl sites for hydroxylation is 2. The molecule has 0 saturated heterocycles. The second kappa shape index (κ2) is 3.81. The van der Waals surface area contributed by atoms with Gasteiger partial charge in [-0.15, -0.1) is 0 Å². The van der Waals surface area contributed by atoms with E-state index in [9.17, 15) is 0 Å². The molecule has 3 rings (SSSR count). The molecule has 0 saturated carbocycles. The van der Waals surface area contributed by atoms with Crippen molar-refractivity contribution >= 4 is 5.82 Å². The maximum atomic E-state index is 5.52. The fraction of sp³-hybridized carbons (Fsp3) is 0.364. The Labute approximate surface area is 98.8 Å². The Morgan fingerprint density at radius 2 is 2.24 bits per heavy atom. The van der Waals surface area contributed by atoms with E-state index in [1.807, 2.05) is 13.1 Å². The number of rotatable bonds is 2. The molecule has 17 heavy (non-hydrogen) atoms. The molecule has 0 aliphatic heterocycles. The van der Waals surface area contributed by atoms with Crippen molar-refractivity contribution in [3.8, 4) is 11.5 Å². The van der Waals surface area contributed by atoms with Crippen molar-refractivity contribution < 1.29 is 0 Å². The summed E-state index contributed by atoms with van der Waals surface area (Å²) in [5, 5.41) is 4.13. The quantitative estimate of drug-likeness (QED) is 0.585. The molecular weight excluding hydrogens is 216 g/mol. The zero-order chi connectivity index (χ0) is 11.8. The number of fused-ring (bicyclic) bond motifs is 1. The number of nitrogens with two attached hydrogens (primary N) is 1. The topological polar surface area (TPSA) is 81.7 Å². The molecule has 6 heteroatoms. The first-order valence-electron chi connectivity index (χ1n) is 5.64. The van der Waals surface area contributed by atoms with Crippen LogP contribution in [0.4, 0.5) is 5.82 Å². The normalized spacial score (nSPS) is 13.8. The van der Waals surface area contributed by atoms with Crippen LogP contribution < -0.4 is 11.3 Å². The molecule has 3 N–H and O–H groups in total. The number of nitrogens with one attached hydrogen (secondary N) is 1. The number of nitrogen functional groups attached to an aromatic ring is 1. The van der Waals surface area contributed by atoms with E-state index in [2.05, 4.69) is 20.5 Å².